The summed E-state index contributed by atoms with van der Waals surface area (Å²) in [6, 6.07) is 2.87. The summed E-state index contributed by atoms with van der Waals surface area (Å²) in [5, 5.41) is 10.0. The molecule has 0 aromatic rings. The SMILES string of the molecule is CCCCCC1CCC(C2CCC3(C#N)CC(CCC)CCC3C2)CC1. The molecule has 0 saturated heterocycles. The van der Waals surface area contributed by atoms with Gasteiger partial charge in [0.05, 0.1) is 11.5 Å². The van der Waals surface area contributed by atoms with Crippen molar-refractivity contribution in [3.05, 3.63) is 0 Å². The predicted molar refractivity (Wildman–Crippen MR) is 111 cm³/mol. The Kier molecular flexibility index (Phi) is 7.48. The topological polar surface area (TPSA) is 23.8 Å². The van der Waals surface area contributed by atoms with Gasteiger partial charge in [-0.3, -0.25) is 0 Å². The Hall–Kier alpha value is -0.510. The average Bonchev–Trinajstić information content (AvgIpc) is 2.68. The van der Waals surface area contributed by atoms with E-state index in [-0.39, 0.29) is 5.41 Å². The monoisotopic (exact) mass is 357 g/mol. The van der Waals surface area contributed by atoms with Crippen LogP contribution < -0.4 is 0 Å². The van der Waals surface area contributed by atoms with Crippen molar-refractivity contribution < 1.29 is 0 Å². The third-order valence-corrected chi connectivity index (χ3v) is 8.60. The maximum absolute atomic E-state index is 10.0. The van der Waals surface area contributed by atoms with Crippen molar-refractivity contribution in [2.24, 2.45) is 35.0 Å². The molecule has 0 aromatic heterocycles. The van der Waals surface area contributed by atoms with Crippen LogP contribution in [0.1, 0.15) is 117 Å². The highest BCUT2D eigenvalue weighted by atomic mass is 14.5. The Labute approximate surface area is 163 Å². The van der Waals surface area contributed by atoms with Crippen LogP contribution in [0.4, 0.5) is 0 Å². The van der Waals surface area contributed by atoms with Crippen LogP contribution in [0, 0.1) is 46.3 Å². The Bertz CT molecular complexity index is 455. The second-order valence-corrected chi connectivity index (χ2v) is 10.2. The van der Waals surface area contributed by atoms with Gasteiger partial charge in [0.15, 0.2) is 0 Å². The predicted octanol–water partition coefficient (Wildman–Crippen LogP) is 7.90. The van der Waals surface area contributed by atoms with Crippen LogP contribution >= 0.6 is 0 Å². The minimum Gasteiger partial charge on any atom is -0.198 e. The van der Waals surface area contributed by atoms with Gasteiger partial charge in [0.2, 0.25) is 0 Å². The van der Waals surface area contributed by atoms with Crippen molar-refractivity contribution in [1.82, 2.24) is 0 Å². The number of nitrogens with zero attached hydrogens (tertiary/aromatic N) is 1. The first-order valence-electron chi connectivity index (χ1n) is 12.1. The van der Waals surface area contributed by atoms with Gasteiger partial charge in [-0.25, -0.2) is 0 Å². The first-order valence-corrected chi connectivity index (χ1v) is 12.1. The third-order valence-electron chi connectivity index (χ3n) is 8.60. The first kappa shape index (κ1) is 20.2. The largest absolute Gasteiger partial charge is 0.198 e. The van der Waals surface area contributed by atoms with Gasteiger partial charge in [0, 0.05) is 0 Å². The Balaban J connectivity index is 1.49. The molecule has 0 N–H and O–H groups in total. The maximum atomic E-state index is 10.0. The summed E-state index contributed by atoms with van der Waals surface area (Å²) in [6.45, 7) is 4.62. The molecule has 3 fully saturated rings. The standard InChI is InChI=1S/C25H43N/c1-3-5-6-8-20-9-12-22(13-10-20)23-15-16-25(19-26)18-21(7-4-2)11-14-24(25)17-23/h20-24H,3-18H2,1-2H3. The van der Waals surface area contributed by atoms with E-state index >= 15 is 0 Å². The molecule has 148 valence electrons. The number of unbranched alkanes of at least 4 members (excludes halogenated alkanes) is 2. The molecule has 0 radical (unpaired) electrons. The fraction of sp³-hybridized carbons (Fsp3) is 0.960. The molecule has 0 spiro atoms. The summed E-state index contributed by atoms with van der Waals surface area (Å²) >= 11 is 0. The molecular weight excluding hydrogens is 314 g/mol. The minimum atomic E-state index is 0.0614. The van der Waals surface area contributed by atoms with E-state index in [1.54, 1.807) is 0 Å². The number of rotatable bonds is 7. The molecule has 3 aliphatic rings. The summed E-state index contributed by atoms with van der Waals surface area (Å²) in [5.74, 6) is 4.53. The summed E-state index contributed by atoms with van der Waals surface area (Å²) in [4.78, 5) is 0. The zero-order valence-electron chi connectivity index (χ0n) is 17.6. The normalized spacial score (nSPS) is 40.6. The highest BCUT2D eigenvalue weighted by molar-refractivity contribution is 5.09. The molecule has 3 saturated carbocycles. The van der Waals surface area contributed by atoms with Gasteiger partial charge < -0.3 is 0 Å². The molecule has 1 heteroatoms. The number of nitriles is 1. The minimum absolute atomic E-state index is 0.0614. The molecule has 4 atom stereocenters. The molecule has 0 heterocycles. The Morgan fingerprint density at radius 2 is 1.58 bits per heavy atom. The fourth-order valence-electron chi connectivity index (χ4n) is 6.98. The van der Waals surface area contributed by atoms with Crippen LogP contribution in [0.3, 0.4) is 0 Å². The lowest BCUT2D eigenvalue weighted by Crippen LogP contribution is -2.42. The molecule has 1 nitrogen and oxygen atoms in total. The summed E-state index contributed by atoms with van der Waals surface area (Å²) in [6.07, 6.45) is 22.3. The van der Waals surface area contributed by atoms with E-state index in [1.165, 1.54) is 103 Å². The lowest BCUT2D eigenvalue weighted by molar-refractivity contribution is 0.0149. The molecule has 26 heavy (non-hydrogen) atoms. The van der Waals surface area contributed by atoms with Crippen LogP contribution in [0.2, 0.25) is 0 Å². The third kappa shape index (κ3) is 4.66. The van der Waals surface area contributed by atoms with Gasteiger partial charge in [0.1, 0.15) is 0 Å². The Morgan fingerprint density at radius 3 is 2.27 bits per heavy atom. The quantitative estimate of drug-likeness (QED) is 0.425. The highest BCUT2D eigenvalue weighted by Gasteiger charge is 2.48. The molecule has 3 aliphatic carbocycles. The van der Waals surface area contributed by atoms with Crippen molar-refractivity contribution in [1.29, 1.82) is 5.26 Å². The van der Waals surface area contributed by atoms with E-state index < -0.39 is 0 Å². The summed E-state index contributed by atoms with van der Waals surface area (Å²) in [5.41, 5.74) is 0.0614. The van der Waals surface area contributed by atoms with Gasteiger partial charge >= 0.3 is 0 Å². The van der Waals surface area contributed by atoms with Crippen LogP contribution in [0.25, 0.3) is 0 Å². The van der Waals surface area contributed by atoms with Crippen molar-refractivity contribution in [3.63, 3.8) is 0 Å². The zero-order chi connectivity index (χ0) is 18.4. The van der Waals surface area contributed by atoms with E-state index in [2.05, 4.69) is 19.9 Å². The van der Waals surface area contributed by atoms with Gasteiger partial charge in [-0.05, 0) is 74.5 Å². The van der Waals surface area contributed by atoms with Crippen LogP contribution in [0.5, 0.6) is 0 Å². The maximum Gasteiger partial charge on any atom is 0.0692 e. The molecule has 0 aliphatic heterocycles. The van der Waals surface area contributed by atoms with E-state index in [1.807, 2.05) is 0 Å². The average molecular weight is 358 g/mol. The summed E-state index contributed by atoms with van der Waals surface area (Å²) < 4.78 is 0. The van der Waals surface area contributed by atoms with Crippen molar-refractivity contribution in [3.8, 4) is 6.07 Å². The van der Waals surface area contributed by atoms with E-state index in [4.69, 9.17) is 0 Å². The molecule has 0 amide bonds. The molecule has 3 rings (SSSR count). The number of hydrogen-bond acceptors (Lipinski definition) is 1. The molecular formula is C25H43N. The van der Waals surface area contributed by atoms with Gasteiger partial charge in [-0.15, -0.1) is 0 Å². The van der Waals surface area contributed by atoms with Gasteiger partial charge in [0.25, 0.3) is 0 Å². The van der Waals surface area contributed by atoms with Crippen LogP contribution in [-0.2, 0) is 0 Å². The highest BCUT2D eigenvalue weighted by Crippen LogP contribution is 2.56. The van der Waals surface area contributed by atoms with Crippen LogP contribution in [0.15, 0.2) is 0 Å². The second kappa shape index (κ2) is 9.61. The summed E-state index contributed by atoms with van der Waals surface area (Å²) in [7, 11) is 0. The van der Waals surface area contributed by atoms with E-state index in [0.717, 1.165) is 29.6 Å². The van der Waals surface area contributed by atoms with E-state index in [0.29, 0.717) is 0 Å². The Morgan fingerprint density at radius 1 is 0.808 bits per heavy atom. The van der Waals surface area contributed by atoms with Crippen molar-refractivity contribution in [2.45, 2.75) is 117 Å². The fourth-order valence-corrected chi connectivity index (χ4v) is 6.98. The second-order valence-electron chi connectivity index (χ2n) is 10.2. The van der Waals surface area contributed by atoms with Gasteiger partial charge in [-0.1, -0.05) is 71.6 Å². The van der Waals surface area contributed by atoms with Crippen molar-refractivity contribution in [2.75, 3.05) is 0 Å². The van der Waals surface area contributed by atoms with E-state index in [9.17, 15) is 5.26 Å². The van der Waals surface area contributed by atoms with Crippen molar-refractivity contribution >= 4 is 0 Å². The first-order chi connectivity index (χ1) is 12.7. The molecule has 4 unspecified atom stereocenters. The van der Waals surface area contributed by atoms with Crippen LogP contribution in [-0.4, -0.2) is 0 Å². The zero-order valence-corrected chi connectivity index (χ0v) is 17.6. The molecule has 0 bridgehead atoms. The number of hydrogen-bond donors (Lipinski definition) is 0. The smallest absolute Gasteiger partial charge is 0.0692 e. The number of fused-ring (bicyclic) bond motifs is 1. The lowest BCUT2D eigenvalue weighted by atomic mass is 9.53. The van der Waals surface area contributed by atoms with Gasteiger partial charge in [-0.2, -0.15) is 5.26 Å². The molecule has 0 aromatic carbocycles. The lowest BCUT2D eigenvalue weighted by Gasteiger charge is -2.50.